The average Bonchev–Trinajstić information content (AvgIpc) is 2.70. The van der Waals surface area contributed by atoms with E-state index in [1.54, 1.807) is 12.1 Å². The first-order chi connectivity index (χ1) is 14.8. The van der Waals surface area contributed by atoms with Gasteiger partial charge < -0.3 is 9.47 Å². The molecule has 31 heavy (non-hydrogen) atoms. The first kappa shape index (κ1) is 21.5. The molecule has 0 amide bonds. The van der Waals surface area contributed by atoms with Crippen LogP contribution in [0.15, 0.2) is 69.6 Å². The zero-order chi connectivity index (χ0) is 22.1. The molecule has 0 fully saturated rings. The predicted octanol–water partition coefficient (Wildman–Crippen LogP) is 6.96. The summed E-state index contributed by atoms with van der Waals surface area (Å²) >= 11 is 7.03. The molecule has 0 aliphatic rings. The highest BCUT2D eigenvalue weighted by atomic mass is 79.9. The van der Waals surface area contributed by atoms with Crippen molar-refractivity contribution in [2.75, 3.05) is 0 Å². The van der Waals surface area contributed by atoms with E-state index in [-0.39, 0.29) is 11.9 Å². The third-order valence-electron chi connectivity index (χ3n) is 4.96. The molecule has 0 N–H and O–H groups in total. The Labute approximate surface area is 196 Å². The number of hydrogen-bond acceptors (Lipinski definition) is 4. The second kappa shape index (κ2) is 8.81. The summed E-state index contributed by atoms with van der Waals surface area (Å²) in [5, 5.41) is 3.95. The number of halogens is 2. The third-order valence-corrected chi connectivity index (χ3v) is 5.95. The van der Waals surface area contributed by atoms with Gasteiger partial charge in [0.15, 0.2) is 0 Å². The largest absolute Gasteiger partial charge is 0.426 e. The summed E-state index contributed by atoms with van der Waals surface area (Å²) in [5.74, 6) is 0.204. The van der Waals surface area contributed by atoms with Gasteiger partial charge in [-0.05, 0) is 57.9 Å². The van der Waals surface area contributed by atoms with Crippen LogP contribution in [0.5, 0.6) is 11.5 Å². The Balaban J connectivity index is 1.97. The summed E-state index contributed by atoms with van der Waals surface area (Å²) in [7, 11) is 0. The second-order valence-electron chi connectivity index (χ2n) is 7.18. The first-order valence-corrected chi connectivity index (χ1v) is 11.2. The minimum absolute atomic E-state index is 0.389. The van der Waals surface area contributed by atoms with Gasteiger partial charge in [0.2, 0.25) is 0 Å². The van der Waals surface area contributed by atoms with Gasteiger partial charge in [-0.25, -0.2) is 0 Å². The molecular weight excluding hydrogens is 524 g/mol. The van der Waals surface area contributed by atoms with E-state index in [2.05, 4.69) is 31.9 Å². The van der Waals surface area contributed by atoms with E-state index >= 15 is 0 Å². The molecule has 0 unspecified atom stereocenters. The van der Waals surface area contributed by atoms with Crippen molar-refractivity contribution < 1.29 is 19.1 Å². The summed E-state index contributed by atoms with van der Waals surface area (Å²) in [4.78, 5) is 23.5. The molecule has 0 aliphatic carbocycles. The standard InChI is InChI=1S/C25H18Br2O4/c1-14(28)30-24-9-3-16-11-18(26)5-7-20(16)22(24)13-23-21-8-6-19(27)12-17(21)4-10-25(23)31-15(2)29/h3-12H,13H2,1-2H3. The van der Waals surface area contributed by atoms with Crippen LogP contribution in [0.1, 0.15) is 25.0 Å². The molecule has 0 heterocycles. The molecule has 156 valence electrons. The van der Waals surface area contributed by atoms with Crippen LogP contribution in [-0.2, 0) is 16.0 Å². The quantitative estimate of drug-likeness (QED) is 0.207. The van der Waals surface area contributed by atoms with Gasteiger partial charge in [-0.15, -0.1) is 0 Å². The number of benzene rings is 4. The molecule has 4 nitrogen and oxygen atoms in total. The first-order valence-electron chi connectivity index (χ1n) is 9.61. The number of hydrogen-bond donors (Lipinski definition) is 0. The summed E-state index contributed by atoms with van der Waals surface area (Å²) in [6, 6.07) is 19.4. The van der Waals surface area contributed by atoms with Gasteiger partial charge in [-0.2, -0.15) is 0 Å². The minimum Gasteiger partial charge on any atom is -0.426 e. The Bertz CT molecular complexity index is 1240. The van der Waals surface area contributed by atoms with Crippen LogP contribution in [0.2, 0.25) is 0 Å². The number of rotatable bonds is 4. The molecule has 0 atom stereocenters. The van der Waals surface area contributed by atoms with Gasteiger partial charge in [0.05, 0.1) is 0 Å². The van der Waals surface area contributed by atoms with Gasteiger partial charge in [0.25, 0.3) is 0 Å². The van der Waals surface area contributed by atoms with Crippen LogP contribution in [-0.4, -0.2) is 11.9 Å². The number of fused-ring (bicyclic) bond motifs is 2. The highest BCUT2D eigenvalue weighted by Gasteiger charge is 2.18. The van der Waals surface area contributed by atoms with Gasteiger partial charge in [0.1, 0.15) is 11.5 Å². The van der Waals surface area contributed by atoms with Crippen molar-refractivity contribution in [3.63, 3.8) is 0 Å². The molecule has 6 heteroatoms. The van der Waals surface area contributed by atoms with Crippen LogP contribution in [0.3, 0.4) is 0 Å². The van der Waals surface area contributed by atoms with Crippen molar-refractivity contribution >= 4 is 65.3 Å². The van der Waals surface area contributed by atoms with Crippen molar-refractivity contribution in [2.45, 2.75) is 20.3 Å². The van der Waals surface area contributed by atoms with E-state index in [9.17, 15) is 9.59 Å². The Kier molecular flexibility index (Phi) is 6.12. The van der Waals surface area contributed by atoms with E-state index < -0.39 is 0 Å². The highest BCUT2D eigenvalue weighted by molar-refractivity contribution is 9.10. The SMILES string of the molecule is CC(=O)Oc1ccc2cc(Br)ccc2c1Cc1c(OC(C)=O)ccc2cc(Br)ccc12. The Morgan fingerprint density at radius 1 is 0.677 bits per heavy atom. The van der Waals surface area contributed by atoms with E-state index in [4.69, 9.17) is 9.47 Å². The van der Waals surface area contributed by atoms with Gasteiger partial charge >= 0.3 is 11.9 Å². The maximum absolute atomic E-state index is 11.8. The number of esters is 2. The van der Waals surface area contributed by atoms with Crippen molar-refractivity contribution in [2.24, 2.45) is 0 Å². The topological polar surface area (TPSA) is 52.6 Å². The van der Waals surface area contributed by atoms with Crippen LogP contribution in [0, 0.1) is 0 Å². The lowest BCUT2D eigenvalue weighted by Crippen LogP contribution is -2.07. The Morgan fingerprint density at radius 3 is 1.48 bits per heavy atom. The molecule has 4 aromatic carbocycles. The lowest BCUT2D eigenvalue weighted by atomic mass is 9.93. The van der Waals surface area contributed by atoms with Crippen LogP contribution in [0.25, 0.3) is 21.5 Å². The van der Waals surface area contributed by atoms with Crippen LogP contribution >= 0.6 is 31.9 Å². The Hall–Kier alpha value is -2.70. The normalized spacial score (nSPS) is 11.0. The second-order valence-corrected chi connectivity index (χ2v) is 9.01. The molecule has 0 radical (unpaired) electrons. The van der Waals surface area contributed by atoms with Crippen LogP contribution in [0.4, 0.5) is 0 Å². The molecule has 0 saturated carbocycles. The molecular formula is C25H18Br2O4. The summed E-state index contributed by atoms with van der Waals surface area (Å²) in [6.07, 6.45) is 0.420. The number of ether oxygens (including phenoxy) is 2. The summed E-state index contributed by atoms with van der Waals surface area (Å²) in [5.41, 5.74) is 1.70. The third kappa shape index (κ3) is 4.65. The van der Waals surface area contributed by atoms with E-state index in [0.717, 1.165) is 41.6 Å². The maximum atomic E-state index is 11.8. The minimum atomic E-state index is -0.389. The molecule has 0 aliphatic heterocycles. The molecule has 4 rings (SSSR count). The summed E-state index contributed by atoms with van der Waals surface area (Å²) in [6.45, 7) is 2.77. The van der Waals surface area contributed by atoms with Gasteiger partial charge in [-0.1, -0.05) is 56.1 Å². The zero-order valence-corrected chi connectivity index (χ0v) is 20.0. The van der Waals surface area contributed by atoms with Gasteiger partial charge in [-0.3, -0.25) is 9.59 Å². The molecule has 0 spiro atoms. The fourth-order valence-corrected chi connectivity index (χ4v) is 4.49. The molecule has 0 aromatic heterocycles. The van der Waals surface area contributed by atoms with E-state index in [1.807, 2.05) is 48.5 Å². The fraction of sp³-hybridized carbons (Fsp3) is 0.120. The van der Waals surface area contributed by atoms with E-state index in [1.165, 1.54) is 13.8 Å². The van der Waals surface area contributed by atoms with Crippen molar-refractivity contribution in [3.05, 3.63) is 80.7 Å². The fourth-order valence-electron chi connectivity index (χ4n) is 3.73. The average molecular weight is 542 g/mol. The molecule has 0 bridgehead atoms. The van der Waals surface area contributed by atoms with Gasteiger partial charge in [0, 0.05) is 40.3 Å². The highest BCUT2D eigenvalue weighted by Crippen LogP contribution is 2.37. The Morgan fingerprint density at radius 2 is 1.10 bits per heavy atom. The van der Waals surface area contributed by atoms with Crippen molar-refractivity contribution in [3.8, 4) is 11.5 Å². The van der Waals surface area contributed by atoms with E-state index in [0.29, 0.717) is 17.9 Å². The monoisotopic (exact) mass is 540 g/mol. The summed E-state index contributed by atoms with van der Waals surface area (Å²) < 4.78 is 13.0. The predicted molar refractivity (Wildman–Crippen MR) is 129 cm³/mol. The van der Waals surface area contributed by atoms with Crippen molar-refractivity contribution in [1.82, 2.24) is 0 Å². The zero-order valence-electron chi connectivity index (χ0n) is 16.9. The van der Waals surface area contributed by atoms with Crippen molar-refractivity contribution in [1.29, 1.82) is 0 Å². The molecule has 0 saturated heterocycles. The smallest absolute Gasteiger partial charge is 0.308 e. The lowest BCUT2D eigenvalue weighted by molar-refractivity contribution is -0.132. The number of carbonyl (C=O) groups excluding carboxylic acids is 2. The van der Waals surface area contributed by atoms with Crippen LogP contribution < -0.4 is 9.47 Å². The maximum Gasteiger partial charge on any atom is 0.308 e. The number of carbonyl (C=O) groups is 2. The lowest BCUT2D eigenvalue weighted by Gasteiger charge is -2.17. The molecule has 4 aromatic rings.